The Morgan fingerprint density at radius 3 is 2.07 bits per heavy atom. The summed E-state index contributed by atoms with van der Waals surface area (Å²) < 4.78 is 16.0. The number of methoxy groups -OCH3 is 1. The SMILES string of the molecule is COCCOCONC1(C)CC(C)CC(C)CC(C)CC(C)CC(C)COC1=O. The minimum absolute atomic E-state index is 0.0580. The second kappa shape index (κ2) is 13.6. The van der Waals surface area contributed by atoms with Gasteiger partial charge in [-0.1, -0.05) is 34.6 Å². The molecule has 1 N–H and O–H groups in total. The molecule has 1 rings (SSSR count). The number of hydroxylamine groups is 1. The first-order chi connectivity index (χ1) is 13.7. The second-order valence-electron chi connectivity index (χ2n) is 9.87. The van der Waals surface area contributed by atoms with Crippen LogP contribution in [0.3, 0.4) is 0 Å². The van der Waals surface area contributed by atoms with Gasteiger partial charge in [-0.25, -0.2) is 4.79 Å². The van der Waals surface area contributed by atoms with Crippen LogP contribution in [0.25, 0.3) is 0 Å². The smallest absolute Gasteiger partial charge is 0.328 e. The standard InChI is InChI=1S/C23H45NO5/c1-17-10-18(2)12-20(4)14-23(6,24-29-16-27-9-8-26-7)22(25)28-15-21(5)13-19(3)11-17/h17-21,24H,8-16H2,1-7H3. The van der Waals surface area contributed by atoms with Crippen LogP contribution in [0.2, 0.25) is 0 Å². The molecular weight excluding hydrogens is 370 g/mol. The van der Waals surface area contributed by atoms with E-state index in [1.54, 1.807) is 7.11 Å². The highest BCUT2D eigenvalue weighted by Gasteiger charge is 2.37. The Labute approximate surface area is 178 Å². The predicted molar refractivity (Wildman–Crippen MR) is 115 cm³/mol. The van der Waals surface area contributed by atoms with Gasteiger partial charge < -0.3 is 14.2 Å². The monoisotopic (exact) mass is 415 g/mol. The van der Waals surface area contributed by atoms with Crippen molar-refractivity contribution in [1.82, 2.24) is 5.48 Å². The molecule has 0 amide bonds. The molecule has 0 radical (unpaired) electrons. The third kappa shape index (κ3) is 10.8. The van der Waals surface area contributed by atoms with E-state index in [0.717, 1.165) is 18.8 Å². The van der Waals surface area contributed by atoms with Gasteiger partial charge in [-0.3, -0.25) is 4.84 Å². The third-order valence-electron chi connectivity index (χ3n) is 5.80. The minimum Gasteiger partial charge on any atom is -0.464 e. The van der Waals surface area contributed by atoms with Gasteiger partial charge in [-0.05, 0) is 68.6 Å². The normalized spacial score (nSPS) is 35.7. The van der Waals surface area contributed by atoms with Crippen LogP contribution in [0.5, 0.6) is 0 Å². The molecular formula is C23H45NO5. The van der Waals surface area contributed by atoms with Crippen molar-refractivity contribution in [3.8, 4) is 0 Å². The van der Waals surface area contributed by atoms with Crippen LogP contribution < -0.4 is 5.48 Å². The highest BCUT2D eigenvalue weighted by molar-refractivity contribution is 5.80. The van der Waals surface area contributed by atoms with E-state index < -0.39 is 5.54 Å². The van der Waals surface area contributed by atoms with Crippen molar-refractivity contribution < 1.29 is 23.8 Å². The molecule has 1 aliphatic heterocycles. The summed E-state index contributed by atoms with van der Waals surface area (Å²) in [4.78, 5) is 18.4. The van der Waals surface area contributed by atoms with E-state index in [-0.39, 0.29) is 12.8 Å². The molecule has 0 aromatic carbocycles. The molecule has 29 heavy (non-hydrogen) atoms. The van der Waals surface area contributed by atoms with E-state index in [4.69, 9.17) is 19.0 Å². The topological polar surface area (TPSA) is 66.0 Å². The van der Waals surface area contributed by atoms with Crippen LogP contribution in [-0.2, 0) is 23.8 Å². The summed E-state index contributed by atoms with van der Waals surface area (Å²) in [7, 11) is 1.62. The van der Waals surface area contributed by atoms with Crippen LogP contribution in [0.4, 0.5) is 0 Å². The van der Waals surface area contributed by atoms with Crippen LogP contribution >= 0.6 is 0 Å². The molecule has 0 aliphatic carbocycles. The van der Waals surface area contributed by atoms with Gasteiger partial charge in [0.05, 0.1) is 19.8 Å². The molecule has 0 aromatic heterocycles. The number of hydrogen-bond acceptors (Lipinski definition) is 6. The first-order valence-electron chi connectivity index (χ1n) is 11.3. The van der Waals surface area contributed by atoms with Gasteiger partial charge in [0.25, 0.3) is 0 Å². The Bertz CT molecular complexity index is 461. The van der Waals surface area contributed by atoms with Gasteiger partial charge in [0, 0.05) is 7.11 Å². The van der Waals surface area contributed by atoms with Crippen molar-refractivity contribution in [1.29, 1.82) is 0 Å². The lowest BCUT2D eigenvalue weighted by Gasteiger charge is -2.33. The van der Waals surface area contributed by atoms with Crippen molar-refractivity contribution in [3.63, 3.8) is 0 Å². The predicted octanol–water partition coefficient (Wildman–Crippen LogP) is 4.57. The molecule has 6 atom stereocenters. The fourth-order valence-electron chi connectivity index (χ4n) is 4.86. The first kappa shape index (κ1) is 26.3. The van der Waals surface area contributed by atoms with Gasteiger partial charge in [-0.2, -0.15) is 5.48 Å². The molecule has 6 unspecified atom stereocenters. The van der Waals surface area contributed by atoms with E-state index in [1.165, 1.54) is 12.8 Å². The molecule has 1 aliphatic rings. The maximum absolute atomic E-state index is 13.0. The summed E-state index contributed by atoms with van der Waals surface area (Å²) in [6.45, 7) is 14.7. The molecule has 0 aromatic rings. The minimum atomic E-state index is -0.898. The van der Waals surface area contributed by atoms with Crippen LogP contribution in [0.1, 0.15) is 73.6 Å². The molecule has 1 saturated heterocycles. The number of ether oxygens (including phenoxy) is 3. The fraction of sp³-hybridized carbons (Fsp3) is 0.957. The van der Waals surface area contributed by atoms with E-state index in [1.807, 2.05) is 6.92 Å². The Morgan fingerprint density at radius 2 is 1.48 bits per heavy atom. The van der Waals surface area contributed by atoms with Crippen molar-refractivity contribution in [3.05, 3.63) is 0 Å². The lowest BCUT2D eigenvalue weighted by Crippen LogP contribution is -2.52. The van der Waals surface area contributed by atoms with Gasteiger partial charge in [0.15, 0.2) is 6.79 Å². The highest BCUT2D eigenvalue weighted by Crippen LogP contribution is 2.30. The molecule has 172 valence electrons. The summed E-state index contributed by atoms with van der Waals surface area (Å²) in [5, 5.41) is 0. The third-order valence-corrected chi connectivity index (χ3v) is 5.80. The lowest BCUT2D eigenvalue weighted by molar-refractivity contribution is -0.172. The van der Waals surface area contributed by atoms with E-state index in [0.29, 0.717) is 49.9 Å². The Balaban J connectivity index is 2.77. The zero-order valence-electron chi connectivity index (χ0n) is 19.8. The van der Waals surface area contributed by atoms with Crippen LogP contribution in [0, 0.1) is 29.6 Å². The Morgan fingerprint density at radius 1 is 0.931 bits per heavy atom. The number of cyclic esters (lactones) is 1. The maximum Gasteiger partial charge on any atom is 0.328 e. The fourth-order valence-corrected chi connectivity index (χ4v) is 4.86. The van der Waals surface area contributed by atoms with Gasteiger partial charge in [0.2, 0.25) is 0 Å². The number of nitrogens with one attached hydrogen (secondary N) is 1. The van der Waals surface area contributed by atoms with Crippen LogP contribution in [-0.4, -0.2) is 45.2 Å². The second-order valence-corrected chi connectivity index (χ2v) is 9.87. The molecule has 1 fully saturated rings. The zero-order chi connectivity index (χ0) is 21.9. The summed E-state index contributed by atoms with van der Waals surface area (Å²) in [5.74, 6) is 2.47. The summed E-state index contributed by atoms with van der Waals surface area (Å²) in [5.41, 5.74) is 2.04. The summed E-state index contributed by atoms with van der Waals surface area (Å²) >= 11 is 0. The molecule has 0 saturated carbocycles. The zero-order valence-corrected chi connectivity index (χ0v) is 19.8. The van der Waals surface area contributed by atoms with Crippen molar-refractivity contribution in [2.45, 2.75) is 79.2 Å². The van der Waals surface area contributed by atoms with Crippen molar-refractivity contribution >= 4 is 5.97 Å². The van der Waals surface area contributed by atoms with E-state index >= 15 is 0 Å². The Hall–Kier alpha value is -0.690. The molecule has 0 bridgehead atoms. The molecule has 1 heterocycles. The van der Waals surface area contributed by atoms with Crippen LogP contribution in [0.15, 0.2) is 0 Å². The lowest BCUT2D eigenvalue weighted by atomic mass is 9.80. The first-order valence-corrected chi connectivity index (χ1v) is 11.3. The summed E-state index contributed by atoms with van der Waals surface area (Å²) in [6.07, 6.45) is 5.31. The number of carbonyl (C=O) groups excluding carboxylic acids is 1. The number of esters is 1. The summed E-state index contributed by atoms with van der Waals surface area (Å²) in [6, 6.07) is 0. The van der Waals surface area contributed by atoms with Crippen molar-refractivity contribution in [2.24, 2.45) is 29.6 Å². The van der Waals surface area contributed by atoms with Gasteiger partial charge >= 0.3 is 5.97 Å². The largest absolute Gasteiger partial charge is 0.464 e. The number of carbonyl (C=O) groups is 1. The Kier molecular flexibility index (Phi) is 12.3. The molecule has 6 heteroatoms. The van der Waals surface area contributed by atoms with Gasteiger partial charge in [-0.15, -0.1) is 0 Å². The number of hydrogen-bond donors (Lipinski definition) is 1. The molecule has 6 nitrogen and oxygen atoms in total. The average molecular weight is 416 g/mol. The van der Waals surface area contributed by atoms with Crippen molar-refractivity contribution in [2.75, 3.05) is 33.7 Å². The molecule has 0 spiro atoms. The average Bonchev–Trinajstić information content (AvgIpc) is 2.61. The number of rotatable bonds is 7. The maximum atomic E-state index is 13.0. The van der Waals surface area contributed by atoms with E-state index in [9.17, 15) is 4.79 Å². The quantitative estimate of drug-likeness (QED) is 0.284. The van der Waals surface area contributed by atoms with Gasteiger partial charge in [0.1, 0.15) is 5.54 Å². The highest BCUT2D eigenvalue weighted by atomic mass is 16.8. The van der Waals surface area contributed by atoms with E-state index in [2.05, 4.69) is 40.1 Å².